The van der Waals surface area contributed by atoms with Crippen molar-refractivity contribution in [2.24, 2.45) is 4.99 Å². The lowest BCUT2D eigenvalue weighted by molar-refractivity contribution is 0.474. The molecule has 0 aromatic carbocycles. The molecule has 1 N–H and O–H groups in total. The summed E-state index contributed by atoms with van der Waals surface area (Å²) < 4.78 is 0. The molecule has 0 amide bonds. The zero-order valence-electron chi connectivity index (χ0n) is 15.6. The first kappa shape index (κ1) is 18.3. The lowest BCUT2D eigenvalue weighted by atomic mass is 10.0. The molecule has 1 aliphatic carbocycles. The first-order valence-corrected chi connectivity index (χ1v) is 10.6. The number of hydrogen-bond donors (Lipinski definition) is 1. The molecule has 5 nitrogen and oxygen atoms in total. The van der Waals surface area contributed by atoms with Crippen LogP contribution in [-0.2, 0) is 25.9 Å². The molecule has 2 aromatic heterocycles. The van der Waals surface area contributed by atoms with Crippen molar-refractivity contribution in [3.05, 3.63) is 31.2 Å². The Kier molecular flexibility index (Phi) is 6.06. The van der Waals surface area contributed by atoms with Crippen LogP contribution in [0.2, 0.25) is 0 Å². The SMILES string of the molecule is CCNC(=NCc1nc(C)c(C)s1)N(C)Cc1nc2c(s1)CCCC2. The minimum absolute atomic E-state index is 0.625. The molecular formula is C18H27N5S2. The molecule has 0 saturated carbocycles. The highest BCUT2D eigenvalue weighted by Crippen LogP contribution is 2.27. The van der Waals surface area contributed by atoms with E-state index in [0.29, 0.717) is 6.54 Å². The fraction of sp³-hybridized carbons (Fsp3) is 0.611. The zero-order chi connectivity index (χ0) is 17.8. The van der Waals surface area contributed by atoms with Crippen LogP contribution in [0.15, 0.2) is 4.99 Å². The van der Waals surface area contributed by atoms with Crippen LogP contribution in [0.5, 0.6) is 0 Å². The van der Waals surface area contributed by atoms with Crippen molar-refractivity contribution in [3.8, 4) is 0 Å². The van der Waals surface area contributed by atoms with Crippen molar-refractivity contribution in [2.45, 2.75) is 59.5 Å². The second-order valence-electron chi connectivity index (χ2n) is 6.46. The second kappa shape index (κ2) is 8.27. The summed E-state index contributed by atoms with van der Waals surface area (Å²) >= 11 is 3.61. The van der Waals surface area contributed by atoms with E-state index in [9.17, 15) is 0 Å². The van der Waals surface area contributed by atoms with Crippen LogP contribution in [0.25, 0.3) is 0 Å². The van der Waals surface area contributed by atoms with E-state index in [2.05, 4.69) is 43.0 Å². The Bertz CT molecular complexity index is 704. The number of hydrogen-bond acceptors (Lipinski definition) is 5. The molecule has 0 unspecified atom stereocenters. The van der Waals surface area contributed by atoms with Crippen LogP contribution in [0, 0.1) is 13.8 Å². The van der Waals surface area contributed by atoms with Crippen LogP contribution in [0.4, 0.5) is 0 Å². The Balaban J connectivity index is 1.68. The van der Waals surface area contributed by atoms with Gasteiger partial charge < -0.3 is 10.2 Å². The van der Waals surface area contributed by atoms with E-state index < -0.39 is 0 Å². The fourth-order valence-corrected chi connectivity index (χ4v) is 5.04. The Morgan fingerprint density at radius 2 is 1.96 bits per heavy atom. The van der Waals surface area contributed by atoms with Crippen molar-refractivity contribution < 1.29 is 0 Å². The topological polar surface area (TPSA) is 53.4 Å². The molecule has 0 radical (unpaired) electrons. The first-order valence-electron chi connectivity index (χ1n) is 8.96. The average Bonchev–Trinajstić information content (AvgIpc) is 3.13. The van der Waals surface area contributed by atoms with Gasteiger partial charge in [0.1, 0.15) is 10.0 Å². The molecule has 1 aliphatic rings. The van der Waals surface area contributed by atoms with E-state index >= 15 is 0 Å². The molecule has 2 heterocycles. The number of aryl methyl sites for hydroxylation is 4. The van der Waals surface area contributed by atoms with Gasteiger partial charge in [-0.3, -0.25) is 0 Å². The molecule has 25 heavy (non-hydrogen) atoms. The summed E-state index contributed by atoms with van der Waals surface area (Å²) in [4.78, 5) is 19.1. The summed E-state index contributed by atoms with van der Waals surface area (Å²) in [6.07, 6.45) is 4.93. The highest BCUT2D eigenvalue weighted by molar-refractivity contribution is 7.12. The second-order valence-corrected chi connectivity index (χ2v) is 8.92. The largest absolute Gasteiger partial charge is 0.357 e. The number of nitrogens with zero attached hydrogens (tertiary/aromatic N) is 4. The summed E-state index contributed by atoms with van der Waals surface area (Å²) in [7, 11) is 2.08. The van der Waals surface area contributed by atoms with Gasteiger partial charge in [0.15, 0.2) is 5.96 Å². The third kappa shape index (κ3) is 4.58. The van der Waals surface area contributed by atoms with E-state index in [1.165, 1.54) is 39.7 Å². The van der Waals surface area contributed by atoms with Gasteiger partial charge in [-0.05, 0) is 46.5 Å². The maximum absolute atomic E-state index is 4.85. The Labute approximate surface area is 158 Å². The van der Waals surface area contributed by atoms with E-state index in [0.717, 1.165) is 36.2 Å². The minimum atomic E-state index is 0.625. The molecule has 2 aromatic rings. The highest BCUT2D eigenvalue weighted by Gasteiger charge is 2.17. The van der Waals surface area contributed by atoms with Gasteiger partial charge in [0.25, 0.3) is 0 Å². The minimum Gasteiger partial charge on any atom is -0.357 e. The molecule has 0 atom stereocenters. The summed E-state index contributed by atoms with van der Waals surface area (Å²) in [5.74, 6) is 0.918. The number of fused-ring (bicyclic) bond motifs is 1. The van der Waals surface area contributed by atoms with Gasteiger partial charge in [-0.15, -0.1) is 22.7 Å². The van der Waals surface area contributed by atoms with E-state index in [1.54, 1.807) is 11.3 Å². The molecule has 3 rings (SSSR count). The van der Waals surface area contributed by atoms with Gasteiger partial charge in [0.05, 0.1) is 24.5 Å². The van der Waals surface area contributed by atoms with Crippen molar-refractivity contribution in [3.63, 3.8) is 0 Å². The number of guanidine groups is 1. The summed E-state index contributed by atoms with van der Waals surface area (Å²) in [6.45, 7) is 8.55. The van der Waals surface area contributed by atoms with Gasteiger partial charge >= 0.3 is 0 Å². The van der Waals surface area contributed by atoms with Crippen LogP contribution >= 0.6 is 22.7 Å². The van der Waals surface area contributed by atoms with Crippen molar-refractivity contribution >= 4 is 28.6 Å². The molecule has 136 valence electrons. The molecule has 0 spiro atoms. The van der Waals surface area contributed by atoms with E-state index in [4.69, 9.17) is 9.98 Å². The van der Waals surface area contributed by atoms with E-state index in [1.807, 2.05) is 11.3 Å². The monoisotopic (exact) mass is 377 g/mol. The number of aliphatic imine (C=N–C) groups is 1. The zero-order valence-corrected chi connectivity index (χ0v) is 17.2. The van der Waals surface area contributed by atoms with Crippen LogP contribution < -0.4 is 5.32 Å². The Morgan fingerprint density at radius 3 is 2.64 bits per heavy atom. The van der Waals surface area contributed by atoms with Crippen LogP contribution in [0.3, 0.4) is 0 Å². The quantitative estimate of drug-likeness (QED) is 0.638. The van der Waals surface area contributed by atoms with Gasteiger partial charge in [-0.1, -0.05) is 0 Å². The number of rotatable bonds is 5. The fourth-order valence-electron chi connectivity index (χ4n) is 2.97. The summed E-state index contributed by atoms with van der Waals surface area (Å²) in [6, 6.07) is 0. The lowest BCUT2D eigenvalue weighted by Crippen LogP contribution is -2.38. The van der Waals surface area contributed by atoms with Crippen molar-refractivity contribution in [1.29, 1.82) is 0 Å². The summed E-state index contributed by atoms with van der Waals surface area (Å²) in [5.41, 5.74) is 2.44. The van der Waals surface area contributed by atoms with Crippen molar-refractivity contribution in [2.75, 3.05) is 13.6 Å². The number of nitrogens with one attached hydrogen (secondary N) is 1. The first-order chi connectivity index (χ1) is 12.1. The van der Waals surface area contributed by atoms with E-state index in [-0.39, 0.29) is 0 Å². The van der Waals surface area contributed by atoms with Gasteiger partial charge in [0, 0.05) is 23.3 Å². The number of aromatic nitrogens is 2. The summed E-state index contributed by atoms with van der Waals surface area (Å²) in [5, 5.41) is 5.65. The predicted molar refractivity (Wildman–Crippen MR) is 107 cm³/mol. The standard InChI is InChI=1S/C18H27N5S2/c1-5-19-18(20-10-16-21-12(2)13(3)24-16)23(4)11-17-22-14-8-6-7-9-15(14)25-17/h5-11H2,1-4H3,(H,19,20). The van der Waals surface area contributed by atoms with Crippen LogP contribution in [0.1, 0.15) is 50.9 Å². The van der Waals surface area contributed by atoms with Gasteiger partial charge in [-0.25, -0.2) is 15.0 Å². The normalized spacial score (nSPS) is 14.5. The molecule has 0 aliphatic heterocycles. The third-order valence-electron chi connectivity index (χ3n) is 4.40. The molecule has 0 saturated heterocycles. The Morgan fingerprint density at radius 1 is 1.16 bits per heavy atom. The molecule has 0 bridgehead atoms. The predicted octanol–water partition coefficient (Wildman–Crippen LogP) is 3.69. The Hall–Kier alpha value is -1.47. The van der Waals surface area contributed by atoms with Gasteiger partial charge in [-0.2, -0.15) is 0 Å². The average molecular weight is 378 g/mol. The molecule has 0 fully saturated rings. The highest BCUT2D eigenvalue weighted by atomic mass is 32.1. The van der Waals surface area contributed by atoms with Gasteiger partial charge in [0.2, 0.25) is 0 Å². The lowest BCUT2D eigenvalue weighted by Gasteiger charge is -2.20. The van der Waals surface area contributed by atoms with Crippen LogP contribution in [-0.4, -0.2) is 34.4 Å². The van der Waals surface area contributed by atoms with Crippen molar-refractivity contribution in [1.82, 2.24) is 20.2 Å². The smallest absolute Gasteiger partial charge is 0.194 e. The number of thiazole rings is 2. The molecular weight excluding hydrogens is 350 g/mol. The maximum Gasteiger partial charge on any atom is 0.194 e. The third-order valence-corrected chi connectivity index (χ3v) is 6.60. The maximum atomic E-state index is 4.85. The molecule has 7 heteroatoms.